The van der Waals surface area contributed by atoms with Gasteiger partial charge < -0.3 is 10.2 Å². The largest absolute Gasteiger partial charge is 0.390 e. The lowest BCUT2D eigenvalue weighted by atomic mass is 10.0. The maximum atomic E-state index is 9.77. The number of hydrogen-bond donors (Lipinski definition) is 2. The second kappa shape index (κ2) is 5.71. The Labute approximate surface area is 99.5 Å². The van der Waals surface area contributed by atoms with Gasteiger partial charge in [0.25, 0.3) is 0 Å². The molecular formula is C11H14Cl2O2. The molecule has 0 aliphatic rings. The van der Waals surface area contributed by atoms with Gasteiger partial charge in [0.2, 0.25) is 0 Å². The van der Waals surface area contributed by atoms with Crippen molar-refractivity contribution in [3.05, 3.63) is 34.3 Å². The molecule has 2 unspecified atom stereocenters. The molecule has 0 spiro atoms. The molecule has 0 heterocycles. The second-order valence-electron chi connectivity index (χ2n) is 3.50. The SMILES string of the molecule is Cc1ccc(C(O)C(O)CCCl)cc1Cl. The molecule has 2 atom stereocenters. The van der Waals surface area contributed by atoms with Crippen molar-refractivity contribution in [1.82, 2.24) is 0 Å². The smallest absolute Gasteiger partial charge is 0.105 e. The van der Waals surface area contributed by atoms with Gasteiger partial charge in [-0.2, -0.15) is 0 Å². The summed E-state index contributed by atoms with van der Waals surface area (Å²) in [4.78, 5) is 0. The summed E-state index contributed by atoms with van der Waals surface area (Å²) in [6.07, 6.45) is -1.42. The summed E-state index contributed by atoms with van der Waals surface area (Å²) < 4.78 is 0. The average molecular weight is 249 g/mol. The minimum absolute atomic E-state index is 0.317. The van der Waals surface area contributed by atoms with Gasteiger partial charge in [0, 0.05) is 10.9 Å². The number of benzene rings is 1. The van der Waals surface area contributed by atoms with Crippen LogP contribution in [0.15, 0.2) is 18.2 Å². The summed E-state index contributed by atoms with van der Waals surface area (Å²) >= 11 is 11.4. The molecule has 15 heavy (non-hydrogen) atoms. The van der Waals surface area contributed by atoms with E-state index < -0.39 is 12.2 Å². The van der Waals surface area contributed by atoms with Crippen LogP contribution in [0.1, 0.15) is 23.7 Å². The molecule has 0 amide bonds. The molecule has 4 heteroatoms. The molecule has 0 saturated carbocycles. The van der Waals surface area contributed by atoms with Crippen LogP contribution in [-0.2, 0) is 0 Å². The third-order valence-electron chi connectivity index (χ3n) is 2.31. The molecule has 1 aromatic carbocycles. The normalized spacial score (nSPS) is 15.0. The first kappa shape index (κ1) is 12.8. The van der Waals surface area contributed by atoms with Crippen molar-refractivity contribution in [2.24, 2.45) is 0 Å². The number of rotatable bonds is 4. The fourth-order valence-corrected chi connectivity index (χ4v) is 1.70. The van der Waals surface area contributed by atoms with Crippen LogP contribution in [0.2, 0.25) is 5.02 Å². The molecule has 0 fully saturated rings. The molecule has 2 nitrogen and oxygen atoms in total. The van der Waals surface area contributed by atoms with E-state index in [0.29, 0.717) is 22.9 Å². The van der Waals surface area contributed by atoms with E-state index in [4.69, 9.17) is 23.2 Å². The Balaban J connectivity index is 2.81. The van der Waals surface area contributed by atoms with Crippen molar-refractivity contribution in [3.63, 3.8) is 0 Å². The van der Waals surface area contributed by atoms with Crippen LogP contribution in [0.25, 0.3) is 0 Å². The van der Waals surface area contributed by atoms with E-state index in [2.05, 4.69) is 0 Å². The summed E-state index contributed by atoms with van der Waals surface area (Å²) in [6, 6.07) is 5.23. The van der Waals surface area contributed by atoms with Crippen LogP contribution in [0.4, 0.5) is 0 Å². The maximum absolute atomic E-state index is 9.77. The van der Waals surface area contributed by atoms with Gasteiger partial charge in [-0.25, -0.2) is 0 Å². The highest BCUT2D eigenvalue weighted by Crippen LogP contribution is 2.24. The number of halogens is 2. The molecule has 1 rings (SSSR count). The Bertz CT molecular complexity index is 328. The quantitative estimate of drug-likeness (QED) is 0.805. The van der Waals surface area contributed by atoms with Crippen molar-refractivity contribution >= 4 is 23.2 Å². The molecular weight excluding hydrogens is 235 g/mol. The average Bonchev–Trinajstić information content (AvgIpc) is 2.21. The highest BCUT2D eigenvalue weighted by Gasteiger charge is 2.18. The topological polar surface area (TPSA) is 40.5 Å². The van der Waals surface area contributed by atoms with Crippen molar-refractivity contribution in [2.45, 2.75) is 25.6 Å². The highest BCUT2D eigenvalue weighted by atomic mass is 35.5. The number of aryl methyl sites for hydroxylation is 1. The third kappa shape index (κ3) is 3.35. The van der Waals surface area contributed by atoms with Crippen LogP contribution in [0.5, 0.6) is 0 Å². The van der Waals surface area contributed by atoms with Crippen LogP contribution in [0, 0.1) is 6.92 Å². The number of hydrogen-bond acceptors (Lipinski definition) is 2. The first-order valence-electron chi connectivity index (χ1n) is 4.74. The molecule has 0 saturated heterocycles. The van der Waals surface area contributed by atoms with Crippen LogP contribution >= 0.6 is 23.2 Å². The summed E-state index contributed by atoms with van der Waals surface area (Å²) in [5, 5.41) is 19.9. The van der Waals surface area contributed by atoms with Crippen molar-refractivity contribution in [2.75, 3.05) is 5.88 Å². The molecule has 0 aromatic heterocycles. The number of aliphatic hydroxyl groups excluding tert-OH is 2. The first-order valence-corrected chi connectivity index (χ1v) is 5.65. The molecule has 0 bridgehead atoms. The van der Waals surface area contributed by atoms with Gasteiger partial charge in [0.1, 0.15) is 6.10 Å². The zero-order chi connectivity index (χ0) is 11.4. The first-order chi connectivity index (χ1) is 7.06. The van der Waals surface area contributed by atoms with Crippen molar-refractivity contribution < 1.29 is 10.2 Å². The van der Waals surface area contributed by atoms with E-state index in [1.807, 2.05) is 13.0 Å². The number of alkyl halides is 1. The lowest BCUT2D eigenvalue weighted by Gasteiger charge is -2.17. The van der Waals surface area contributed by atoms with Crippen LogP contribution in [-0.4, -0.2) is 22.2 Å². The van der Waals surface area contributed by atoms with E-state index in [1.54, 1.807) is 12.1 Å². The summed E-state index contributed by atoms with van der Waals surface area (Å²) in [5.41, 5.74) is 1.56. The Morgan fingerprint density at radius 1 is 1.33 bits per heavy atom. The maximum Gasteiger partial charge on any atom is 0.105 e. The highest BCUT2D eigenvalue weighted by molar-refractivity contribution is 6.31. The van der Waals surface area contributed by atoms with E-state index in [0.717, 1.165) is 5.56 Å². The Morgan fingerprint density at radius 2 is 2.00 bits per heavy atom. The lowest BCUT2D eigenvalue weighted by molar-refractivity contribution is 0.0170. The van der Waals surface area contributed by atoms with Gasteiger partial charge in [0.05, 0.1) is 6.10 Å². The van der Waals surface area contributed by atoms with Crippen LogP contribution < -0.4 is 0 Å². The molecule has 1 aromatic rings. The summed E-state index contributed by atoms with van der Waals surface area (Å²) in [5.74, 6) is 0.317. The molecule has 0 radical (unpaired) electrons. The van der Waals surface area contributed by atoms with E-state index in [1.165, 1.54) is 0 Å². The summed E-state index contributed by atoms with van der Waals surface area (Å²) in [6.45, 7) is 1.88. The molecule has 2 N–H and O–H groups in total. The van der Waals surface area contributed by atoms with Gasteiger partial charge in [-0.15, -0.1) is 11.6 Å². The molecule has 84 valence electrons. The van der Waals surface area contributed by atoms with Crippen molar-refractivity contribution in [3.8, 4) is 0 Å². The van der Waals surface area contributed by atoms with Gasteiger partial charge in [-0.3, -0.25) is 0 Å². The monoisotopic (exact) mass is 248 g/mol. The summed E-state index contributed by atoms with van der Waals surface area (Å²) in [7, 11) is 0. The van der Waals surface area contributed by atoms with Crippen LogP contribution in [0.3, 0.4) is 0 Å². The standard InChI is InChI=1S/C11H14Cl2O2/c1-7-2-3-8(6-9(7)13)11(15)10(14)4-5-12/h2-3,6,10-11,14-15H,4-5H2,1H3. The van der Waals surface area contributed by atoms with E-state index in [9.17, 15) is 10.2 Å². The minimum atomic E-state index is -0.929. The predicted molar refractivity (Wildman–Crippen MR) is 62.5 cm³/mol. The van der Waals surface area contributed by atoms with Gasteiger partial charge in [-0.05, 0) is 30.5 Å². The minimum Gasteiger partial charge on any atom is -0.390 e. The van der Waals surface area contributed by atoms with Gasteiger partial charge in [-0.1, -0.05) is 23.7 Å². The Kier molecular flexibility index (Phi) is 4.87. The molecule has 0 aliphatic heterocycles. The van der Waals surface area contributed by atoms with E-state index in [-0.39, 0.29) is 0 Å². The molecule has 0 aliphatic carbocycles. The zero-order valence-corrected chi connectivity index (χ0v) is 9.96. The predicted octanol–water partition coefficient (Wildman–Crippen LogP) is 2.67. The number of aliphatic hydroxyl groups is 2. The fraction of sp³-hybridized carbons (Fsp3) is 0.455. The van der Waals surface area contributed by atoms with E-state index >= 15 is 0 Å². The Hall–Kier alpha value is -0.280. The fourth-order valence-electron chi connectivity index (χ4n) is 1.28. The lowest BCUT2D eigenvalue weighted by Crippen LogP contribution is -2.18. The Morgan fingerprint density at radius 3 is 2.53 bits per heavy atom. The zero-order valence-electron chi connectivity index (χ0n) is 8.45. The van der Waals surface area contributed by atoms with Crippen molar-refractivity contribution in [1.29, 1.82) is 0 Å². The third-order valence-corrected chi connectivity index (χ3v) is 2.93. The van der Waals surface area contributed by atoms with Gasteiger partial charge >= 0.3 is 0 Å². The second-order valence-corrected chi connectivity index (χ2v) is 4.28. The van der Waals surface area contributed by atoms with Gasteiger partial charge in [0.15, 0.2) is 0 Å².